The maximum absolute atomic E-state index is 2.50. The smallest absolute Gasteiger partial charge is 0.0298 e. The Hall–Kier alpha value is 0. The SMILES string of the molecule is CCC1C(C)CCCC1(C)CC. The summed E-state index contributed by atoms with van der Waals surface area (Å²) in [6.07, 6.45) is 7.14. The van der Waals surface area contributed by atoms with Crippen LogP contribution in [0, 0.1) is 17.3 Å². The molecule has 1 fully saturated rings. The lowest BCUT2D eigenvalue weighted by Crippen LogP contribution is -2.35. The van der Waals surface area contributed by atoms with E-state index in [1.807, 2.05) is 0 Å². The summed E-state index contributed by atoms with van der Waals surface area (Å²) in [6, 6.07) is 0. The van der Waals surface area contributed by atoms with Gasteiger partial charge in [0.05, 0.1) is 0 Å². The molecule has 0 heterocycles. The van der Waals surface area contributed by atoms with Crippen molar-refractivity contribution in [3.05, 3.63) is 0 Å². The third-order valence-corrected chi connectivity index (χ3v) is 4.24. The molecular weight excluding hydrogens is 144 g/mol. The molecule has 12 heavy (non-hydrogen) atoms. The average molecular weight is 168 g/mol. The molecule has 0 saturated heterocycles. The van der Waals surface area contributed by atoms with E-state index in [1.165, 1.54) is 32.1 Å². The second kappa shape index (κ2) is 3.81. The Bertz CT molecular complexity index is 139. The Kier molecular flexibility index (Phi) is 3.20. The molecular formula is C12H24. The molecule has 0 nitrogen and oxygen atoms in total. The molecule has 0 N–H and O–H groups in total. The van der Waals surface area contributed by atoms with Crippen LogP contribution in [0.25, 0.3) is 0 Å². The number of rotatable bonds is 2. The van der Waals surface area contributed by atoms with Gasteiger partial charge < -0.3 is 0 Å². The van der Waals surface area contributed by atoms with Gasteiger partial charge in [-0.3, -0.25) is 0 Å². The third kappa shape index (κ3) is 1.67. The van der Waals surface area contributed by atoms with Crippen LogP contribution in [0.15, 0.2) is 0 Å². The minimum atomic E-state index is 0.659. The predicted molar refractivity (Wildman–Crippen MR) is 55.2 cm³/mol. The van der Waals surface area contributed by atoms with Crippen LogP contribution in [0.3, 0.4) is 0 Å². The van der Waals surface area contributed by atoms with Crippen LogP contribution in [0.2, 0.25) is 0 Å². The average Bonchev–Trinajstić information content (AvgIpc) is 2.05. The van der Waals surface area contributed by atoms with Gasteiger partial charge in [0.2, 0.25) is 0 Å². The van der Waals surface area contributed by atoms with Gasteiger partial charge in [-0.15, -0.1) is 0 Å². The molecule has 0 aliphatic heterocycles. The van der Waals surface area contributed by atoms with E-state index in [2.05, 4.69) is 27.7 Å². The first-order chi connectivity index (χ1) is 5.64. The summed E-state index contributed by atoms with van der Waals surface area (Å²) in [6.45, 7) is 9.67. The monoisotopic (exact) mass is 168 g/mol. The fourth-order valence-electron chi connectivity index (χ4n) is 3.24. The second-order valence-corrected chi connectivity index (χ2v) is 4.89. The van der Waals surface area contributed by atoms with Crippen molar-refractivity contribution >= 4 is 0 Å². The van der Waals surface area contributed by atoms with Crippen LogP contribution in [-0.4, -0.2) is 0 Å². The van der Waals surface area contributed by atoms with E-state index in [0.29, 0.717) is 5.41 Å². The van der Waals surface area contributed by atoms with Crippen molar-refractivity contribution in [3.8, 4) is 0 Å². The van der Waals surface area contributed by atoms with E-state index < -0.39 is 0 Å². The highest BCUT2D eigenvalue weighted by Gasteiger charge is 2.37. The van der Waals surface area contributed by atoms with Crippen LogP contribution in [-0.2, 0) is 0 Å². The second-order valence-electron chi connectivity index (χ2n) is 4.89. The van der Waals surface area contributed by atoms with E-state index in [-0.39, 0.29) is 0 Å². The minimum absolute atomic E-state index is 0.659. The summed E-state index contributed by atoms with van der Waals surface area (Å²) in [5.41, 5.74) is 0.659. The molecule has 0 aromatic heterocycles. The molecule has 72 valence electrons. The summed E-state index contributed by atoms with van der Waals surface area (Å²) in [5.74, 6) is 1.95. The third-order valence-electron chi connectivity index (χ3n) is 4.24. The highest BCUT2D eigenvalue weighted by atomic mass is 14.4. The van der Waals surface area contributed by atoms with Crippen molar-refractivity contribution in [2.24, 2.45) is 17.3 Å². The Labute approximate surface area is 77.7 Å². The highest BCUT2D eigenvalue weighted by molar-refractivity contribution is 4.87. The van der Waals surface area contributed by atoms with E-state index in [0.717, 1.165) is 11.8 Å². The first-order valence-corrected chi connectivity index (χ1v) is 5.64. The van der Waals surface area contributed by atoms with Gasteiger partial charge in [-0.1, -0.05) is 53.4 Å². The van der Waals surface area contributed by atoms with Crippen LogP contribution < -0.4 is 0 Å². The van der Waals surface area contributed by atoms with Gasteiger partial charge >= 0.3 is 0 Å². The van der Waals surface area contributed by atoms with Crippen molar-refractivity contribution in [1.82, 2.24) is 0 Å². The lowest BCUT2D eigenvalue weighted by atomic mass is 9.61. The topological polar surface area (TPSA) is 0 Å². The Morgan fingerprint density at radius 1 is 1.33 bits per heavy atom. The molecule has 0 bridgehead atoms. The van der Waals surface area contributed by atoms with Gasteiger partial charge in [0.1, 0.15) is 0 Å². The zero-order valence-corrected chi connectivity index (χ0v) is 9.19. The number of hydrogen-bond acceptors (Lipinski definition) is 0. The Balaban J connectivity index is 2.70. The lowest BCUT2D eigenvalue weighted by Gasteiger charge is -2.44. The molecule has 0 heteroatoms. The molecule has 0 spiro atoms. The fraction of sp³-hybridized carbons (Fsp3) is 1.00. The van der Waals surface area contributed by atoms with E-state index in [1.54, 1.807) is 0 Å². The molecule has 0 aromatic carbocycles. The normalized spacial score (nSPS) is 43.0. The van der Waals surface area contributed by atoms with Crippen LogP contribution in [0.4, 0.5) is 0 Å². The zero-order valence-electron chi connectivity index (χ0n) is 9.19. The van der Waals surface area contributed by atoms with Gasteiger partial charge in [0.25, 0.3) is 0 Å². The standard InChI is InChI=1S/C12H24/c1-5-11-10(3)8-7-9-12(11,4)6-2/h10-11H,5-9H2,1-4H3. The van der Waals surface area contributed by atoms with Crippen LogP contribution >= 0.6 is 0 Å². The van der Waals surface area contributed by atoms with Gasteiger partial charge in [0, 0.05) is 0 Å². The summed E-state index contributed by atoms with van der Waals surface area (Å²) in [4.78, 5) is 0. The zero-order chi connectivity index (χ0) is 9.19. The lowest BCUT2D eigenvalue weighted by molar-refractivity contribution is 0.0588. The highest BCUT2D eigenvalue weighted by Crippen LogP contribution is 2.47. The summed E-state index contributed by atoms with van der Waals surface area (Å²) in [5, 5.41) is 0. The van der Waals surface area contributed by atoms with Crippen molar-refractivity contribution < 1.29 is 0 Å². The quantitative estimate of drug-likeness (QED) is 0.578. The van der Waals surface area contributed by atoms with Gasteiger partial charge in [-0.2, -0.15) is 0 Å². The van der Waals surface area contributed by atoms with Crippen molar-refractivity contribution in [3.63, 3.8) is 0 Å². The fourth-order valence-corrected chi connectivity index (χ4v) is 3.24. The van der Waals surface area contributed by atoms with Crippen molar-refractivity contribution in [2.75, 3.05) is 0 Å². The predicted octanol–water partition coefficient (Wildman–Crippen LogP) is 4.25. The summed E-state index contributed by atoms with van der Waals surface area (Å²) in [7, 11) is 0. The molecule has 0 amide bonds. The first-order valence-electron chi connectivity index (χ1n) is 5.64. The minimum Gasteiger partial charge on any atom is -0.0651 e. The van der Waals surface area contributed by atoms with E-state index in [9.17, 15) is 0 Å². The summed E-state index contributed by atoms with van der Waals surface area (Å²) < 4.78 is 0. The molecule has 1 aliphatic rings. The van der Waals surface area contributed by atoms with Gasteiger partial charge in [-0.25, -0.2) is 0 Å². The van der Waals surface area contributed by atoms with Crippen LogP contribution in [0.5, 0.6) is 0 Å². The van der Waals surface area contributed by atoms with Gasteiger partial charge in [0.15, 0.2) is 0 Å². The molecule has 1 rings (SSSR count). The maximum Gasteiger partial charge on any atom is -0.0298 e. The van der Waals surface area contributed by atoms with Gasteiger partial charge in [-0.05, 0) is 23.7 Å². The molecule has 0 aromatic rings. The van der Waals surface area contributed by atoms with Crippen molar-refractivity contribution in [2.45, 2.75) is 59.8 Å². The Morgan fingerprint density at radius 2 is 2.00 bits per heavy atom. The summed E-state index contributed by atoms with van der Waals surface area (Å²) >= 11 is 0. The molecule has 0 radical (unpaired) electrons. The largest absolute Gasteiger partial charge is 0.0651 e. The Morgan fingerprint density at radius 3 is 2.42 bits per heavy atom. The van der Waals surface area contributed by atoms with Crippen LogP contribution in [0.1, 0.15) is 59.8 Å². The molecule has 1 aliphatic carbocycles. The van der Waals surface area contributed by atoms with E-state index >= 15 is 0 Å². The molecule has 3 atom stereocenters. The van der Waals surface area contributed by atoms with Crippen molar-refractivity contribution in [1.29, 1.82) is 0 Å². The maximum atomic E-state index is 2.50. The number of hydrogen-bond donors (Lipinski definition) is 0. The molecule has 1 saturated carbocycles. The molecule has 3 unspecified atom stereocenters. The van der Waals surface area contributed by atoms with E-state index in [4.69, 9.17) is 0 Å². The first kappa shape index (κ1) is 10.1.